The van der Waals surface area contributed by atoms with Crippen molar-refractivity contribution < 1.29 is 9.47 Å². The maximum atomic E-state index is 5.98. The van der Waals surface area contributed by atoms with Crippen LogP contribution in [0.5, 0.6) is 11.5 Å². The summed E-state index contributed by atoms with van der Waals surface area (Å²) in [6.07, 6.45) is 1.67. The van der Waals surface area contributed by atoms with Crippen molar-refractivity contribution >= 4 is 47.0 Å². The summed E-state index contributed by atoms with van der Waals surface area (Å²) in [4.78, 5) is 8.98. The Kier molecular flexibility index (Phi) is 7.95. The number of benzene rings is 1. The van der Waals surface area contributed by atoms with Crippen molar-refractivity contribution in [1.29, 1.82) is 0 Å². The second kappa shape index (κ2) is 9.96. The molecular formula is C18H25IN4O2S. The number of hydrogen-bond acceptors (Lipinski definition) is 5. The number of guanidine groups is 1. The highest BCUT2D eigenvalue weighted by molar-refractivity contribution is 14.0. The molecule has 0 bridgehead atoms. The van der Waals surface area contributed by atoms with Gasteiger partial charge < -0.3 is 20.5 Å². The van der Waals surface area contributed by atoms with Gasteiger partial charge in [-0.1, -0.05) is 13.8 Å². The third-order valence-corrected chi connectivity index (χ3v) is 4.93. The Bertz CT molecular complexity index is 749. The van der Waals surface area contributed by atoms with Crippen LogP contribution < -0.4 is 20.5 Å². The summed E-state index contributed by atoms with van der Waals surface area (Å²) in [5.41, 5.74) is 7.88. The van der Waals surface area contributed by atoms with E-state index in [1.165, 1.54) is 0 Å². The summed E-state index contributed by atoms with van der Waals surface area (Å²) in [7, 11) is 0. The molecule has 0 fully saturated rings. The molecule has 1 aliphatic rings. The molecule has 1 aromatic heterocycles. The van der Waals surface area contributed by atoms with Crippen molar-refractivity contribution in [3.63, 3.8) is 0 Å². The minimum absolute atomic E-state index is 0. The molecule has 3 N–H and O–H groups in total. The van der Waals surface area contributed by atoms with Crippen molar-refractivity contribution in [2.45, 2.75) is 32.6 Å². The molecule has 0 aliphatic carbocycles. The van der Waals surface area contributed by atoms with Crippen LogP contribution in [-0.4, -0.2) is 30.7 Å². The summed E-state index contributed by atoms with van der Waals surface area (Å²) in [5.74, 6) is 2.35. The van der Waals surface area contributed by atoms with Crippen LogP contribution in [0, 0.1) is 0 Å². The molecule has 3 rings (SSSR count). The van der Waals surface area contributed by atoms with Crippen molar-refractivity contribution in [3.05, 3.63) is 34.3 Å². The Morgan fingerprint density at radius 2 is 2.08 bits per heavy atom. The Morgan fingerprint density at radius 3 is 2.81 bits per heavy atom. The highest BCUT2D eigenvalue weighted by Gasteiger charge is 2.11. The number of nitrogens with zero attached hydrogens (tertiary/aromatic N) is 2. The lowest BCUT2D eigenvalue weighted by Gasteiger charge is -2.10. The fourth-order valence-electron chi connectivity index (χ4n) is 2.42. The molecule has 1 aliphatic heterocycles. The molecule has 2 heterocycles. The van der Waals surface area contributed by atoms with E-state index in [9.17, 15) is 0 Å². The fourth-order valence-corrected chi connectivity index (χ4v) is 3.29. The molecule has 0 spiro atoms. The molecule has 0 radical (unpaired) electrons. The molecule has 6 nitrogen and oxygen atoms in total. The van der Waals surface area contributed by atoms with Gasteiger partial charge in [0.15, 0.2) is 17.5 Å². The van der Waals surface area contributed by atoms with Gasteiger partial charge in [0.25, 0.3) is 0 Å². The molecule has 0 saturated carbocycles. The monoisotopic (exact) mass is 488 g/mol. The van der Waals surface area contributed by atoms with Crippen LogP contribution in [0.25, 0.3) is 0 Å². The third kappa shape index (κ3) is 5.73. The molecule has 1 aromatic carbocycles. The van der Waals surface area contributed by atoms with Gasteiger partial charge in [-0.3, -0.25) is 4.99 Å². The van der Waals surface area contributed by atoms with Crippen LogP contribution in [-0.2, 0) is 6.42 Å². The van der Waals surface area contributed by atoms with Gasteiger partial charge in [-0.2, -0.15) is 0 Å². The summed E-state index contributed by atoms with van der Waals surface area (Å²) < 4.78 is 11.3. The van der Waals surface area contributed by atoms with Crippen LogP contribution in [0.15, 0.2) is 28.6 Å². The van der Waals surface area contributed by atoms with Gasteiger partial charge >= 0.3 is 0 Å². The first-order chi connectivity index (χ1) is 12.1. The average molecular weight is 488 g/mol. The zero-order valence-corrected chi connectivity index (χ0v) is 18.2. The maximum Gasteiger partial charge on any atom is 0.193 e. The Labute approximate surface area is 175 Å². The summed E-state index contributed by atoms with van der Waals surface area (Å²) in [6.45, 7) is 6.24. The molecule has 0 unspecified atom stereocenters. The quantitative estimate of drug-likeness (QED) is 0.378. The van der Waals surface area contributed by atoms with E-state index in [2.05, 4.69) is 34.5 Å². The van der Waals surface area contributed by atoms with E-state index in [0.717, 1.165) is 40.7 Å². The van der Waals surface area contributed by atoms with Crippen molar-refractivity contribution in [3.8, 4) is 11.5 Å². The summed E-state index contributed by atoms with van der Waals surface area (Å²) in [6, 6.07) is 5.68. The van der Waals surface area contributed by atoms with Crippen LogP contribution in [0.4, 0.5) is 5.69 Å². The second-order valence-electron chi connectivity index (χ2n) is 6.19. The van der Waals surface area contributed by atoms with Gasteiger partial charge in [-0.25, -0.2) is 4.98 Å². The molecular weight excluding hydrogens is 463 g/mol. The molecule has 142 valence electrons. The lowest BCUT2D eigenvalue weighted by Crippen LogP contribution is -2.23. The molecule has 26 heavy (non-hydrogen) atoms. The minimum atomic E-state index is 0. The first-order valence-electron chi connectivity index (χ1n) is 8.52. The van der Waals surface area contributed by atoms with E-state index >= 15 is 0 Å². The normalized spacial score (nSPS) is 13.9. The molecule has 2 aromatic rings. The first-order valence-corrected chi connectivity index (χ1v) is 9.40. The number of halogens is 1. The van der Waals surface area contributed by atoms with Crippen molar-refractivity contribution in [2.24, 2.45) is 10.7 Å². The van der Waals surface area contributed by atoms with E-state index in [0.29, 0.717) is 31.6 Å². The summed E-state index contributed by atoms with van der Waals surface area (Å²) >= 11 is 1.70. The molecule has 0 saturated heterocycles. The van der Waals surface area contributed by atoms with Gasteiger partial charge in [-0.05, 0) is 12.1 Å². The highest BCUT2D eigenvalue weighted by Crippen LogP contribution is 2.32. The Hall–Kier alpha value is -1.55. The predicted octanol–water partition coefficient (Wildman–Crippen LogP) is 4.02. The summed E-state index contributed by atoms with van der Waals surface area (Å²) in [5, 5.41) is 6.36. The van der Waals surface area contributed by atoms with Crippen LogP contribution in [0.3, 0.4) is 0 Å². The first kappa shape index (κ1) is 20.8. The number of aliphatic imine (C=N–C) groups is 1. The number of fused-ring (bicyclic) bond motifs is 1. The highest BCUT2D eigenvalue weighted by atomic mass is 127. The number of hydrogen-bond donors (Lipinski definition) is 2. The van der Waals surface area contributed by atoms with Gasteiger partial charge in [0.1, 0.15) is 0 Å². The lowest BCUT2D eigenvalue weighted by molar-refractivity contribution is 0.297. The SMILES string of the molecule is CC(C)c1nc(CCN=C(N)Nc2ccc3c(c2)OCCCO3)cs1.I. The fraction of sp³-hybridized carbons (Fsp3) is 0.444. The van der Waals surface area contributed by atoms with Gasteiger partial charge in [-0.15, -0.1) is 35.3 Å². The number of rotatable bonds is 5. The number of ether oxygens (including phenoxy) is 2. The Balaban J connectivity index is 0.00000243. The van der Waals surface area contributed by atoms with Crippen LogP contribution >= 0.6 is 35.3 Å². The van der Waals surface area contributed by atoms with Crippen molar-refractivity contribution in [1.82, 2.24) is 4.98 Å². The molecule has 0 amide bonds. The molecule has 0 atom stereocenters. The topological polar surface area (TPSA) is 81.8 Å². The van der Waals surface area contributed by atoms with Gasteiger partial charge in [0, 0.05) is 42.4 Å². The largest absolute Gasteiger partial charge is 0.490 e. The lowest BCUT2D eigenvalue weighted by atomic mass is 10.2. The minimum Gasteiger partial charge on any atom is -0.490 e. The smallest absolute Gasteiger partial charge is 0.193 e. The standard InChI is InChI=1S/C18H24N4O2S.HI/c1-12(2)17-21-14(11-25-17)6-7-20-18(19)22-13-4-5-15-16(10-13)24-9-3-8-23-15;/h4-5,10-12H,3,6-9H2,1-2H3,(H3,19,20,22);1H. The number of thiazole rings is 1. The molecule has 8 heteroatoms. The third-order valence-electron chi connectivity index (χ3n) is 3.73. The van der Waals surface area contributed by atoms with E-state index in [-0.39, 0.29) is 24.0 Å². The number of anilines is 1. The van der Waals surface area contributed by atoms with E-state index in [1.807, 2.05) is 18.2 Å². The number of nitrogens with two attached hydrogens (primary N) is 1. The zero-order valence-electron chi connectivity index (χ0n) is 15.0. The van der Waals surface area contributed by atoms with E-state index in [1.54, 1.807) is 11.3 Å². The van der Waals surface area contributed by atoms with Crippen LogP contribution in [0.2, 0.25) is 0 Å². The number of aromatic nitrogens is 1. The van der Waals surface area contributed by atoms with Crippen LogP contribution in [0.1, 0.15) is 36.9 Å². The maximum absolute atomic E-state index is 5.98. The average Bonchev–Trinajstić information content (AvgIpc) is 2.93. The van der Waals surface area contributed by atoms with E-state index in [4.69, 9.17) is 15.2 Å². The van der Waals surface area contributed by atoms with Crippen molar-refractivity contribution in [2.75, 3.05) is 25.1 Å². The van der Waals surface area contributed by atoms with E-state index < -0.39 is 0 Å². The van der Waals surface area contributed by atoms with Gasteiger partial charge in [0.05, 0.1) is 23.9 Å². The zero-order chi connectivity index (χ0) is 17.6. The predicted molar refractivity (Wildman–Crippen MR) is 117 cm³/mol. The van der Waals surface area contributed by atoms with Gasteiger partial charge in [0.2, 0.25) is 0 Å². The Morgan fingerprint density at radius 1 is 1.31 bits per heavy atom. The second-order valence-corrected chi connectivity index (χ2v) is 7.08. The number of nitrogens with one attached hydrogen (secondary N) is 1.